The lowest BCUT2D eigenvalue weighted by atomic mass is 9.49. The molecule has 5 atom stereocenters. The van der Waals surface area contributed by atoms with Gasteiger partial charge in [-0.3, -0.25) is 0 Å². The van der Waals surface area contributed by atoms with Crippen molar-refractivity contribution in [2.45, 2.75) is 44.3 Å². The van der Waals surface area contributed by atoms with E-state index in [1.54, 1.807) is 6.42 Å². The number of fused-ring (bicyclic) bond motifs is 4. The van der Waals surface area contributed by atoms with Gasteiger partial charge in [0.1, 0.15) is 0 Å². The largest absolute Gasteiger partial charge is 0.0771 e. The van der Waals surface area contributed by atoms with Crippen molar-refractivity contribution in [1.82, 2.24) is 0 Å². The molecule has 2 radical (unpaired) electrons. The molecule has 0 bridgehead atoms. The Morgan fingerprint density at radius 2 is 1.42 bits per heavy atom. The highest BCUT2D eigenvalue weighted by atomic mass is 14.6. The minimum Gasteiger partial charge on any atom is -0.0771 e. The molecule has 0 saturated heterocycles. The van der Waals surface area contributed by atoms with Gasteiger partial charge in [-0.1, -0.05) is 31.5 Å². The lowest BCUT2D eigenvalue weighted by Crippen LogP contribution is -2.46. The molecule has 3 fully saturated rings. The fraction of sp³-hybridized carbons (Fsp3) is 1.00. The van der Waals surface area contributed by atoms with Gasteiger partial charge in [0.2, 0.25) is 0 Å². The van der Waals surface area contributed by atoms with Crippen LogP contribution in [0.2, 0.25) is 5.82 Å². The van der Waals surface area contributed by atoms with Gasteiger partial charge in [0.05, 0.1) is 7.85 Å². The molecule has 3 saturated carbocycles. The minimum absolute atomic E-state index is 0.549. The first-order valence-corrected chi connectivity index (χ1v) is 5.62. The van der Waals surface area contributed by atoms with E-state index in [4.69, 9.17) is 7.85 Å². The third-order valence-electron chi connectivity index (χ3n) is 4.72. The van der Waals surface area contributed by atoms with E-state index in [0.29, 0.717) is 5.82 Å². The third-order valence-corrected chi connectivity index (χ3v) is 4.72. The Morgan fingerprint density at radius 3 is 2.25 bits per heavy atom. The van der Waals surface area contributed by atoms with Gasteiger partial charge in [0.15, 0.2) is 0 Å². The maximum atomic E-state index is 6.00. The Labute approximate surface area is 76.5 Å². The summed E-state index contributed by atoms with van der Waals surface area (Å²) in [5, 5.41) is 0. The normalized spacial score (nSPS) is 57.2. The molecule has 0 nitrogen and oxygen atoms in total. The Kier molecular flexibility index (Phi) is 1.57. The topological polar surface area (TPSA) is 0 Å². The summed E-state index contributed by atoms with van der Waals surface area (Å²) >= 11 is 0. The predicted octanol–water partition coefficient (Wildman–Crippen LogP) is 2.79. The first kappa shape index (κ1) is 7.47. The SMILES string of the molecule is [B]C1CC[C@@H]2[C@H]3CCC[C@H]3[C@@H]2C1. The summed E-state index contributed by atoms with van der Waals surface area (Å²) < 4.78 is 0. The molecule has 0 aromatic carbocycles. The second-order valence-electron chi connectivity index (χ2n) is 5.16. The van der Waals surface area contributed by atoms with Gasteiger partial charge >= 0.3 is 0 Å². The fourth-order valence-corrected chi connectivity index (χ4v) is 4.22. The van der Waals surface area contributed by atoms with E-state index in [-0.39, 0.29) is 0 Å². The van der Waals surface area contributed by atoms with Crippen LogP contribution in [0.4, 0.5) is 0 Å². The molecule has 0 heterocycles. The summed E-state index contributed by atoms with van der Waals surface area (Å²) in [6.07, 6.45) is 8.69. The van der Waals surface area contributed by atoms with Gasteiger partial charge in [0.25, 0.3) is 0 Å². The molecule has 0 N–H and O–H groups in total. The molecular weight excluding hydrogens is 143 g/mol. The zero-order valence-electron chi connectivity index (χ0n) is 7.71. The predicted molar refractivity (Wildman–Crippen MR) is 51.2 cm³/mol. The van der Waals surface area contributed by atoms with Crippen LogP contribution in [-0.4, -0.2) is 7.85 Å². The minimum atomic E-state index is 0.549. The fourth-order valence-electron chi connectivity index (χ4n) is 4.22. The van der Waals surface area contributed by atoms with Crippen LogP contribution in [0.5, 0.6) is 0 Å². The van der Waals surface area contributed by atoms with Crippen LogP contribution in [0, 0.1) is 23.7 Å². The summed E-state index contributed by atoms with van der Waals surface area (Å²) in [7, 11) is 6.00. The molecule has 0 aromatic rings. The summed E-state index contributed by atoms with van der Waals surface area (Å²) in [6, 6.07) is 0. The van der Waals surface area contributed by atoms with Crippen molar-refractivity contribution in [3.05, 3.63) is 0 Å². The lowest BCUT2D eigenvalue weighted by molar-refractivity contribution is -0.0301. The second-order valence-corrected chi connectivity index (χ2v) is 5.16. The standard InChI is InChI=1S/C11H17B/c12-7-4-5-10-8-2-1-3-9(8)11(10)6-7/h7-11H,1-6H2/t7?,8-,9+,10+,11-/m0/s1. The molecule has 1 unspecified atom stereocenters. The zero-order chi connectivity index (χ0) is 8.13. The van der Waals surface area contributed by atoms with Crippen molar-refractivity contribution in [1.29, 1.82) is 0 Å². The average Bonchev–Trinajstić information content (AvgIpc) is 2.46. The Hall–Kier alpha value is 0.0649. The van der Waals surface area contributed by atoms with Crippen LogP contribution in [0.15, 0.2) is 0 Å². The monoisotopic (exact) mass is 160 g/mol. The van der Waals surface area contributed by atoms with Gasteiger partial charge in [0, 0.05) is 0 Å². The Morgan fingerprint density at radius 1 is 0.750 bits per heavy atom. The summed E-state index contributed by atoms with van der Waals surface area (Å²) in [5.74, 6) is 4.97. The molecular formula is C11H17B. The van der Waals surface area contributed by atoms with Crippen LogP contribution < -0.4 is 0 Å². The maximum Gasteiger partial charge on any atom is 0.0699 e. The number of hydrogen-bond donors (Lipinski definition) is 0. The van der Waals surface area contributed by atoms with E-state index in [1.807, 2.05) is 0 Å². The number of hydrogen-bond acceptors (Lipinski definition) is 0. The van der Waals surface area contributed by atoms with Gasteiger partial charge in [-0.05, 0) is 36.5 Å². The van der Waals surface area contributed by atoms with Crippen LogP contribution in [0.3, 0.4) is 0 Å². The van der Waals surface area contributed by atoms with Gasteiger partial charge in [-0.2, -0.15) is 0 Å². The van der Waals surface area contributed by atoms with Crippen LogP contribution in [0.1, 0.15) is 38.5 Å². The van der Waals surface area contributed by atoms with Crippen molar-refractivity contribution in [2.75, 3.05) is 0 Å². The third kappa shape index (κ3) is 0.857. The van der Waals surface area contributed by atoms with E-state index in [9.17, 15) is 0 Å². The zero-order valence-corrected chi connectivity index (χ0v) is 7.71. The highest BCUT2D eigenvalue weighted by Crippen LogP contribution is 2.61. The first-order valence-electron chi connectivity index (χ1n) is 5.62. The molecule has 1 heteroatoms. The van der Waals surface area contributed by atoms with Gasteiger partial charge in [-0.15, -0.1) is 0 Å². The van der Waals surface area contributed by atoms with Crippen LogP contribution in [0.25, 0.3) is 0 Å². The van der Waals surface area contributed by atoms with Gasteiger partial charge in [-0.25, -0.2) is 0 Å². The van der Waals surface area contributed by atoms with E-state index >= 15 is 0 Å². The van der Waals surface area contributed by atoms with Crippen molar-refractivity contribution in [3.8, 4) is 0 Å². The molecule has 12 heavy (non-hydrogen) atoms. The second kappa shape index (κ2) is 2.53. The highest BCUT2D eigenvalue weighted by molar-refractivity contribution is 6.11. The van der Waals surface area contributed by atoms with Crippen molar-refractivity contribution in [2.24, 2.45) is 23.7 Å². The van der Waals surface area contributed by atoms with E-state index < -0.39 is 0 Å². The van der Waals surface area contributed by atoms with Gasteiger partial charge < -0.3 is 0 Å². The summed E-state index contributed by atoms with van der Waals surface area (Å²) in [6.45, 7) is 0. The van der Waals surface area contributed by atoms with Crippen molar-refractivity contribution < 1.29 is 0 Å². The van der Waals surface area contributed by atoms with Crippen molar-refractivity contribution in [3.63, 3.8) is 0 Å². The molecule has 3 rings (SSSR count). The molecule has 0 aromatic heterocycles. The van der Waals surface area contributed by atoms with Crippen LogP contribution >= 0.6 is 0 Å². The molecule has 0 aliphatic heterocycles. The summed E-state index contributed by atoms with van der Waals surface area (Å²) in [4.78, 5) is 0. The molecule has 3 aliphatic carbocycles. The highest BCUT2D eigenvalue weighted by Gasteiger charge is 2.52. The van der Waals surface area contributed by atoms with E-state index in [1.165, 1.54) is 32.1 Å². The average molecular weight is 160 g/mol. The maximum absolute atomic E-state index is 6.00. The quantitative estimate of drug-likeness (QED) is 0.478. The first-order chi connectivity index (χ1) is 5.86. The smallest absolute Gasteiger partial charge is 0.0699 e. The van der Waals surface area contributed by atoms with Crippen molar-refractivity contribution >= 4 is 7.85 Å². The van der Waals surface area contributed by atoms with Crippen LogP contribution in [-0.2, 0) is 0 Å². The molecule has 3 aliphatic rings. The Balaban J connectivity index is 1.74. The lowest BCUT2D eigenvalue weighted by Gasteiger charge is -2.53. The molecule has 0 amide bonds. The van der Waals surface area contributed by atoms with E-state index in [2.05, 4.69) is 0 Å². The molecule has 0 spiro atoms. The summed E-state index contributed by atoms with van der Waals surface area (Å²) in [5.41, 5.74) is 0. The number of rotatable bonds is 0. The Bertz CT molecular complexity index is 189. The molecule has 64 valence electrons. The van der Waals surface area contributed by atoms with E-state index in [0.717, 1.165) is 23.7 Å².